The lowest BCUT2D eigenvalue weighted by molar-refractivity contribution is 0.306. The second-order valence-corrected chi connectivity index (χ2v) is 10.3. The number of halogens is 1. The molecule has 0 N–H and O–H groups in total. The molecular weight excluding hydrogens is 498 g/mol. The molecule has 1 aromatic heterocycles. The lowest BCUT2D eigenvalue weighted by atomic mass is 10.1. The topological polar surface area (TPSA) is 31.4 Å². The first kappa shape index (κ1) is 25.1. The molecule has 0 atom stereocenters. The third kappa shape index (κ3) is 6.59. The van der Waals surface area contributed by atoms with Crippen LogP contribution in [0.5, 0.6) is 17.2 Å². The number of hydrogen-bond donors (Lipinski definition) is 0. The Morgan fingerprint density at radius 3 is 2.03 bits per heavy atom. The molecule has 0 aliphatic heterocycles. The number of unbranched alkanes of at least 4 members (excludes halogenated alkanes) is 1. The molecule has 5 rings (SSSR count). The van der Waals surface area contributed by atoms with Crippen LogP contribution in [-0.2, 0) is 13.0 Å². The van der Waals surface area contributed by atoms with E-state index in [9.17, 15) is 0 Å². The van der Waals surface area contributed by atoms with Gasteiger partial charge in [0.2, 0.25) is 0 Å². The molecule has 37 heavy (non-hydrogen) atoms. The number of benzene rings is 4. The van der Waals surface area contributed by atoms with E-state index in [1.807, 2.05) is 66.7 Å². The molecule has 0 aliphatic carbocycles. The summed E-state index contributed by atoms with van der Waals surface area (Å²) in [6, 6.07) is 34.0. The standard InChI is InChI=1S/C32H28ClNO2S/c1-2-3-9-30-31(24-10-18-28(19-11-24)36-29-20-14-26(33)15-21-29)34-32(37-30)25-12-16-27(17-13-25)35-22-23-7-5-4-6-8-23/h4-8,10-21H,2-3,9,22H2,1H3. The zero-order valence-corrected chi connectivity index (χ0v) is 22.3. The van der Waals surface area contributed by atoms with Crippen LogP contribution in [0.3, 0.4) is 0 Å². The van der Waals surface area contributed by atoms with E-state index in [0.29, 0.717) is 11.6 Å². The van der Waals surface area contributed by atoms with Crippen molar-refractivity contribution in [2.45, 2.75) is 32.8 Å². The maximum atomic E-state index is 5.98. The average Bonchev–Trinajstić information content (AvgIpc) is 3.37. The van der Waals surface area contributed by atoms with Crippen LogP contribution < -0.4 is 9.47 Å². The Balaban J connectivity index is 1.33. The Labute approximate surface area is 227 Å². The molecule has 5 heteroatoms. The number of nitrogens with zero attached hydrogens (tertiary/aromatic N) is 1. The molecule has 3 nitrogen and oxygen atoms in total. The molecule has 1 heterocycles. The minimum absolute atomic E-state index is 0.556. The number of aromatic nitrogens is 1. The first-order chi connectivity index (χ1) is 18.2. The van der Waals surface area contributed by atoms with Gasteiger partial charge in [-0.3, -0.25) is 0 Å². The van der Waals surface area contributed by atoms with Crippen LogP contribution in [0.25, 0.3) is 21.8 Å². The van der Waals surface area contributed by atoms with Gasteiger partial charge in [-0.25, -0.2) is 4.98 Å². The molecule has 4 aromatic carbocycles. The van der Waals surface area contributed by atoms with Crippen molar-refractivity contribution in [3.05, 3.63) is 119 Å². The van der Waals surface area contributed by atoms with E-state index in [-0.39, 0.29) is 0 Å². The molecule has 0 saturated heterocycles. The predicted molar refractivity (Wildman–Crippen MR) is 154 cm³/mol. The molecule has 0 unspecified atom stereocenters. The lowest BCUT2D eigenvalue weighted by Crippen LogP contribution is -1.94. The normalized spacial score (nSPS) is 10.9. The number of aryl methyl sites for hydroxylation is 1. The first-order valence-corrected chi connectivity index (χ1v) is 13.7. The Kier molecular flexibility index (Phi) is 8.19. The summed E-state index contributed by atoms with van der Waals surface area (Å²) in [4.78, 5) is 6.39. The van der Waals surface area contributed by atoms with Gasteiger partial charge in [0.15, 0.2) is 0 Å². The minimum Gasteiger partial charge on any atom is -0.489 e. The Bertz CT molecular complexity index is 1410. The summed E-state index contributed by atoms with van der Waals surface area (Å²) in [6.07, 6.45) is 3.30. The summed E-state index contributed by atoms with van der Waals surface area (Å²) in [5.41, 5.74) is 4.40. The maximum absolute atomic E-state index is 5.98. The summed E-state index contributed by atoms with van der Waals surface area (Å²) in [5.74, 6) is 2.39. The SMILES string of the molecule is CCCCc1sc(-c2ccc(OCc3ccccc3)cc2)nc1-c1ccc(Oc2ccc(Cl)cc2)cc1. The number of hydrogen-bond acceptors (Lipinski definition) is 4. The largest absolute Gasteiger partial charge is 0.489 e. The minimum atomic E-state index is 0.556. The van der Waals surface area contributed by atoms with Crippen LogP contribution in [0.2, 0.25) is 5.02 Å². The molecule has 5 aromatic rings. The molecule has 186 valence electrons. The van der Waals surface area contributed by atoms with E-state index >= 15 is 0 Å². The Morgan fingerprint density at radius 2 is 1.35 bits per heavy atom. The summed E-state index contributed by atoms with van der Waals surface area (Å²) in [5, 5.41) is 1.72. The van der Waals surface area contributed by atoms with Crippen molar-refractivity contribution in [3.63, 3.8) is 0 Å². The predicted octanol–water partition coefficient (Wildman–Crippen LogP) is 9.84. The highest BCUT2D eigenvalue weighted by atomic mass is 35.5. The molecule has 0 aliphatic rings. The third-order valence-electron chi connectivity index (χ3n) is 5.98. The second-order valence-electron chi connectivity index (χ2n) is 8.77. The number of ether oxygens (including phenoxy) is 2. The second kappa shape index (κ2) is 12.1. The van der Waals surface area contributed by atoms with E-state index in [4.69, 9.17) is 26.1 Å². The highest BCUT2D eigenvalue weighted by Crippen LogP contribution is 2.36. The van der Waals surface area contributed by atoms with Crippen molar-refractivity contribution >= 4 is 22.9 Å². The number of thiazole rings is 1. The first-order valence-electron chi connectivity index (χ1n) is 12.5. The molecule has 0 bridgehead atoms. The van der Waals surface area contributed by atoms with Crippen LogP contribution in [0.4, 0.5) is 0 Å². The Morgan fingerprint density at radius 1 is 0.730 bits per heavy atom. The van der Waals surface area contributed by atoms with Gasteiger partial charge in [-0.2, -0.15) is 0 Å². The van der Waals surface area contributed by atoms with Crippen molar-refractivity contribution < 1.29 is 9.47 Å². The summed E-state index contributed by atoms with van der Waals surface area (Å²) >= 11 is 7.75. The lowest BCUT2D eigenvalue weighted by Gasteiger charge is -2.07. The van der Waals surface area contributed by atoms with Gasteiger partial charge in [0.05, 0.1) is 5.69 Å². The van der Waals surface area contributed by atoms with E-state index in [1.54, 1.807) is 11.3 Å². The van der Waals surface area contributed by atoms with Gasteiger partial charge >= 0.3 is 0 Å². The molecule has 0 spiro atoms. The molecule has 0 amide bonds. The average molecular weight is 526 g/mol. The monoisotopic (exact) mass is 525 g/mol. The zero-order chi connectivity index (χ0) is 25.5. The third-order valence-corrected chi connectivity index (χ3v) is 7.40. The van der Waals surface area contributed by atoms with Gasteiger partial charge in [0, 0.05) is 21.0 Å². The van der Waals surface area contributed by atoms with Crippen LogP contribution >= 0.6 is 22.9 Å². The van der Waals surface area contributed by atoms with Crippen molar-refractivity contribution in [1.29, 1.82) is 0 Å². The van der Waals surface area contributed by atoms with Crippen LogP contribution in [-0.4, -0.2) is 4.98 Å². The van der Waals surface area contributed by atoms with E-state index in [1.165, 1.54) is 4.88 Å². The van der Waals surface area contributed by atoms with Crippen molar-refractivity contribution in [3.8, 4) is 39.1 Å². The number of rotatable bonds is 10. The van der Waals surface area contributed by atoms with E-state index < -0.39 is 0 Å². The van der Waals surface area contributed by atoms with Crippen LogP contribution in [0.15, 0.2) is 103 Å². The fraction of sp³-hybridized carbons (Fsp3) is 0.156. The maximum Gasteiger partial charge on any atom is 0.127 e. The highest BCUT2D eigenvalue weighted by Gasteiger charge is 2.15. The fourth-order valence-corrected chi connectivity index (χ4v) is 5.22. The Hall–Kier alpha value is -3.60. The van der Waals surface area contributed by atoms with Crippen LogP contribution in [0, 0.1) is 0 Å². The molecule has 0 radical (unpaired) electrons. The van der Waals surface area contributed by atoms with Gasteiger partial charge in [0.25, 0.3) is 0 Å². The van der Waals surface area contributed by atoms with Crippen molar-refractivity contribution in [1.82, 2.24) is 4.98 Å². The quantitative estimate of drug-likeness (QED) is 0.182. The van der Waals surface area contributed by atoms with E-state index in [2.05, 4.69) is 43.3 Å². The van der Waals surface area contributed by atoms with Gasteiger partial charge in [-0.15, -0.1) is 11.3 Å². The van der Waals surface area contributed by atoms with Gasteiger partial charge in [-0.1, -0.05) is 55.3 Å². The van der Waals surface area contributed by atoms with Gasteiger partial charge in [-0.05, 0) is 91.2 Å². The van der Waals surface area contributed by atoms with E-state index in [0.717, 1.165) is 63.9 Å². The van der Waals surface area contributed by atoms with Gasteiger partial charge in [0.1, 0.15) is 28.9 Å². The van der Waals surface area contributed by atoms with Crippen molar-refractivity contribution in [2.24, 2.45) is 0 Å². The zero-order valence-electron chi connectivity index (χ0n) is 20.7. The molecule has 0 fully saturated rings. The summed E-state index contributed by atoms with van der Waals surface area (Å²) in [7, 11) is 0. The summed E-state index contributed by atoms with van der Waals surface area (Å²) < 4.78 is 11.9. The van der Waals surface area contributed by atoms with Crippen LogP contribution in [0.1, 0.15) is 30.2 Å². The van der Waals surface area contributed by atoms with Gasteiger partial charge < -0.3 is 9.47 Å². The smallest absolute Gasteiger partial charge is 0.127 e. The molecular formula is C32H28ClNO2S. The molecule has 0 saturated carbocycles. The summed E-state index contributed by atoms with van der Waals surface area (Å²) in [6.45, 7) is 2.78. The van der Waals surface area contributed by atoms with Crippen molar-refractivity contribution in [2.75, 3.05) is 0 Å². The fourth-order valence-electron chi connectivity index (χ4n) is 3.96. The highest BCUT2D eigenvalue weighted by molar-refractivity contribution is 7.15.